The van der Waals surface area contributed by atoms with Crippen LogP contribution in [0.25, 0.3) is 82.2 Å². The van der Waals surface area contributed by atoms with E-state index in [2.05, 4.69) is 128 Å². The van der Waals surface area contributed by atoms with Crippen LogP contribution in [0.1, 0.15) is 36.1 Å². The van der Waals surface area contributed by atoms with Crippen molar-refractivity contribution in [3.63, 3.8) is 0 Å². The molecule has 7 aromatic carbocycles. The van der Waals surface area contributed by atoms with E-state index in [0.717, 1.165) is 88.9 Å². The lowest BCUT2D eigenvalue weighted by molar-refractivity contribution is 0.522. The number of para-hydroxylation sites is 2. The number of aliphatic imine (C=N–C) groups is 1. The summed E-state index contributed by atoms with van der Waals surface area (Å²) in [5, 5.41) is 9.04. The summed E-state index contributed by atoms with van der Waals surface area (Å²) in [6.45, 7) is 2.28. The lowest BCUT2D eigenvalue weighted by atomic mass is 9.77. The van der Waals surface area contributed by atoms with Gasteiger partial charge in [0.25, 0.3) is 0 Å². The summed E-state index contributed by atoms with van der Waals surface area (Å²) in [5.74, 6) is 0.0963. The highest BCUT2D eigenvalue weighted by molar-refractivity contribution is 6.21. The molecule has 3 aromatic heterocycles. The fraction of sp³-hybridized carbons (Fsp3) is 0.0851. The Hall–Kier alpha value is -6.39. The molecular formula is C47H31NO3. The van der Waals surface area contributed by atoms with Gasteiger partial charge in [-0.05, 0) is 77.0 Å². The van der Waals surface area contributed by atoms with Gasteiger partial charge in [-0.1, -0.05) is 104 Å². The zero-order valence-corrected chi connectivity index (χ0v) is 27.9. The van der Waals surface area contributed by atoms with Crippen LogP contribution in [0.5, 0.6) is 0 Å². The quantitative estimate of drug-likeness (QED) is 0.189. The highest BCUT2D eigenvalue weighted by Crippen LogP contribution is 2.48. The van der Waals surface area contributed by atoms with E-state index < -0.39 is 0 Å². The van der Waals surface area contributed by atoms with Gasteiger partial charge in [0, 0.05) is 49.2 Å². The summed E-state index contributed by atoms with van der Waals surface area (Å²) in [4.78, 5) is 5.65. The van der Waals surface area contributed by atoms with Crippen LogP contribution in [-0.2, 0) is 0 Å². The Morgan fingerprint density at radius 2 is 1.20 bits per heavy atom. The number of dihydropyridines is 1. The molecule has 0 bridgehead atoms. The molecule has 0 saturated heterocycles. The van der Waals surface area contributed by atoms with Crippen LogP contribution in [0.15, 0.2) is 164 Å². The third-order valence-electron chi connectivity index (χ3n) is 10.9. The van der Waals surface area contributed by atoms with Gasteiger partial charge in [0.05, 0.1) is 11.8 Å². The van der Waals surface area contributed by atoms with Crippen LogP contribution >= 0.6 is 0 Å². The van der Waals surface area contributed by atoms with Crippen LogP contribution in [-0.4, -0.2) is 5.71 Å². The standard InChI is InChI=1S/C47H31NO3/c1-2-29-37(33-15-9-20-42-44(33)36-24-21-27-11-3-4-12-30(27)47(36)51-42)26-38(28-22-23-32-31-13-5-7-17-39(31)50-43(32)25-28)48-46(29)35-16-10-19-41-45(35)34-14-6-8-18-40(34)49-41/h3-26,29,46H,2H2,1H3. The Balaban J connectivity index is 1.19. The third-order valence-corrected chi connectivity index (χ3v) is 10.9. The van der Waals surface area contributed by atoms with Crippen molar-refractivity contribution in [3.8, 4) is 0 Å². The van der Waals surface area contributed by atoms with Crippen LogP contribution in [0, 0.1) is 5.92 Å². The molecule has 0 aliphatic carbocycles. The molecule has 4 nitrogen and oxygen atoms in total. The maximum Gasteiger partial charge on any atom is 0.143 e. The average molecular weight is 658 g/mol. The monoisotopic (exact) mass is 657 g/mol. The van der Waals surface area contributed by atoms with E-state index >= 15 is 0 Å². The van der Waals surface area contributed by atoms with Gasteiger partial charge in [0.2, 0.25) is 0 Å². The molecule has 4 heteroatoms. The van der Waals surface area contributed by atoms with Crippen molar-refractivity contribution in [2.24, 2.45) is 10.9 Å². The van der Waals surface area contributed by atoms with Crippen molar-refractivity contribution in [1.29, 1.82) is 0 Å². The van der Waals surface area contributed by atoms with Crippen LogP contribution in [0.2, 0.25) is 0 Å². The van der Waals surface area contributed by atoms with E-state index in [1.807, 2.05) is 24.3 Å². The normalized spacial score (nSPS) is 16.6. The SMILES string of the molecule is CCC1C(c2cccc3oc4c5ccccc5ccc4c23)=CC(c2ccc3c(c2)oc2ccccc23)=NC1c1cccc2oc3ccccc3c12. The molecule has 4 heterocycles. The molecule has 242 valence electrons. The number of furan rings is 3. The van der Waals surface area contributed by atoms with Crippen molar-refractivity contribution >= 4 is 87.9 Å². The first-order chi connectivity index (χ1) is 25.2. The second-order valence-corrected chi connectivity index (χ2v) is 13.6. The van der Waals surface area contributed by atoms with Crippen molar-refractivity contribution in [2.45, 2.75) is 19.4 Å². The fourth-order valence-electron chi connectivity index (χ4n) is 8.59. The molecule has 10 aromatic rings. The van der Waals surface area contributed by atoms with Gasteiger partial charge in [-0.15, -0.1) is 0 Å². The summed E-state index contributed by atoms with van der Waals surface area (Å²) in [7, 11) is 0. The van der Waals surface area contributed by atoms with Gasteiger partial charge in [-0.2, -0.15) is 0 Å². The minimum atomic E-state index is -0.157. The minimum absolute atomic E-state index is 0.0963. The fourth-order valence-corrected chi connectivity index (χ4v) is 8.59. The van der Waals surface area contributed by atoms with Crippen molar-refractivity contribution < 1.29 is 13.3 Å². The molecule has 0 fully saturated rings. The number of hydrogen-bond donors (Lipinski definition) is 0. The number of nitrogens with zero attached hydrogens (tertiary/aromatic N) is 1. The Morgan fingerprint density at radius 3 is 2.06 bits per heavy atom. The Morgan fingerprint density at radius 1 is 0.529 bits per heavy atom. The summed E-state index contributed by atoms with van der Waals surface area (Å²) < 4.78 is 19.4. The molecule has 1 aliphatic heterocycles. The smallest absolute Gasteiger partial charge is 0.143 e. The number of benzene rings is 7. The van der Waals surface area contributed by atoms with E-state index in [9.17, 15) is 0 Å². The van der Waals surface area contributed by atoms with E-state index in [4.69, 9.17) is 18.2 Å². The molecule has 11 rings (SSSR count). The lowest BCUT2D eigenvalue weighted by Gasteiger charge is -2.32. The summed E-state index contributed by atoms with van der Waals surface area (Å²) in [6, 6.07) is 48.7. The highest BCUT2D eigenvalue weighted by atomic mass is 16.3. The summed E-state index contributed by atoms with van der Waals surface area (Å²) >= 11 is 0. The largest absolute Gasteiger partial charge is 0.456 e. The zero-order valence-electron chi connectivity index (χ0n) is 27.9. The lowest BCUT2D eigenvalue weighted by Crippen LogP contribution is -2.20. The van der Waals surface area contributed by atoms with Crippen molar-refractivity contribution in [1.82, 2.24) is 0 Å². The first kappa shape index (κ1) is 28.4. The molecule has 0 saturated carbocycles. The predicted octanol–water partition coefficient (Wildman–Crippen LogP) is 13.2. The molecule has 51 heavy (non-hydrogen) atoms. The van der Waals surface area contributed by atoms with Gasteiger partial charge in [0.1, 0.15) is 33.5 Å². The van der Waals surface area contributed by atoms with Crippen molar-refractivity contribution in [2.75, 3.05) is 0 Å². The van der Waals surface area contributed by atoms with Gasteiger partial charge in [-0.3, -0.25) is 4.99 Å². The summed E-state index contributed by atoms with van der Waals surface area (Å²) in [6.07, 6.45) is 3.22. The van der Waals surface area contributed by atoms with Crippen molar-refractivity contribution in [3.05, 3.63) is 162 Å². The van der Waals surface area contributed by atoms with E-state index in [1.54, 1.807) is 0 Å². The molecular weight excluding hydrogens is 627 g/mol. The first-order valence-electron chi connectivity index (χ1n) is 17.7. The van der Waals surface area contributed by atoms with Crippen LogP contribution in [0.3, 0.4) is 0 Å². The second-order valence-electron chi connectivity index (χ2n) is 13.6. The molecule has 1 aliphatic rings. The third kappa shape index (κ3) is 4.17. The molecule has 0 N–H and O–H groups in total. The Kier molecular flexibility index (Phi) is 6.03. The number of fused-ring (bicyclic) bond motifs is 11. The van der Waals surface area contributed by atoms with Gasteiger partial charge < -0.3 is 13.3 Å². The minimum Gasteiger partial charge on any atom is -0.456 e. The van der Waals surface area contributed by atoms with Crippen LogP contribution < -0.4 is 0 Å². The number of allylic oxidation sites excluding steroid dienone is 1. The molecule has 0 amide bonds. The Bertz CT molecular complexity index is 3090. The first-order valence-corrected chi connectivity index (χ1v) is 17.7. The van der Waals surface area contributed by atoms with Gasteiger partial charge in [-0.25, -0.2) is 0 Å². The number of rotatable bonds is 4. The Labute approximate surface area is 292 Å². The maximum atomic E-state index is 6.68. The van der Waals surface area contributed by atoms with Crippen LogP contribution in [0.4, 0.5) is 0 Å². The molecule has 0 spiro atoms. The molecule has 2 atom stereocenters. The molecule has 2 unspecified atom stereocenters. The highest BCUT2D eigenvalue weighted by Gasteiger charge is 2.33. The van der Waals surface area contributed by atoms with E-state index in [1.165, 1.54) is 22.1 Å². The molecule has 0 radical (unpaired) electrons. The van der Waals surface area contributed by atoms with Gasteiger partial charge >= 0.3 is 0 Å². The second kappa shape index (κ2) is 10.8. The van der Waals surface area contributed by atoms with Gasteiger partial charge in [0.15, 0.2) is 0 Å². The predicted molar refractivity (Wildman–Crippen MR) is 210 cm³/mol. The topological polar surface area (TPSA) is 51.8 Å². The average Bonchev–Trinajstić information content (AvgIpc) is 3.88. The number of hydrogen-bond acceptors (Lipinski definition) is 4. The van der Waals surface area contributed by atoms with E-state index in [-0.39, 0.29) is 12.0 Å². The maximum absolute atomic E-state index is 6.68. The zero-order chi connectivity index (χ0) is 33.6. The van der Waals surface area contributed by atoms with E-state index in [0.29, 0.717) is 0 Å². The summed E-state index contributed by atoms with van der Waals surface area (Å²) in [5.41, 5.74) is 10.9.